The number of carbonyl (C=O) groups is 1. The molecule has 76 heavy (non-hydrogen) atoms. The van der Waals surface area contributed by atoms with Gasteiger partial charge in [0, 0.05) is 6.42 Å². The van der Waals surface area contributed by atoms with Gasteiger partial charge in [0.25, 0.3) is 0 Å². The number of hydrogen-bond donors (Lipinski definition) is 3. The Balaban J connectivity index is 3.71. The molecule has 0 aromatic carbocycles. The molecular weight excluding hydrogens is 927 g/mol. The molecule has 430 valence electrons. The van der Waals surface area contributed by atoms with E-state index in [2.05, 4.69) is 165 Å². The van der Waals surface area contributed by atoms with Crippen LogP contribution >= 0.6 is 0 Å². The van der Waals surface area contributed by atoms with Crippen molar-refractivity contribution in [2.75, 3.05) is 6.61 Å². The monoisotopic (exact) mass is 1050 g/mol. The molecule has 2 atom stereocenters. The summed E-state index contributed by atoms with van der Waals surface area (Å²) in [4.78, 5) is 12.5. The van der Waals surface area contributed by atoms with Crippen molar-refractivity contribution in [2.45, 2.75) is 283 Å². The van der Waals surface area contributed by atoms with Crippen LogP contribution in [0.2, 0.25) is 0 Å². The van der Waals surface area contributed by atoms with E-state index in [-0.39, 0.29) is 12.5 Å². The minimum Gasteiger partial charge on any atom is -0.394 e. The maximum absolute atomic E-state index is 12.5. The van der Waals surface area contributed by atoms with Crippen molar-refractivity contribution in [1.82, 2.24) is 5.32 Å². The molecule has 0 bridgehead atoms. The summed E-state index contributed by atoms with van der Waals surface area (Å²) >= 11 is 0. The second-order valence-electron chi connectivity index (χ2n) is 20.7. The molecule has 1 amide bonds. The van der Waals surface area contributed by atoms with Gasteiger partial charge in [0.2, 0.25) is 5.91 Å². The van der Waals surface area contributed by atoms with Crippen LogP contribution in [0, 0.1) is 0 Å². The van der Waals surface area contributed by atoms with E-state index in [4.69, 9.17) is 0 Å². The number of unbranched alkanes of at least 4 members (excludes halogenated alkanes) is 25. The summed E-state index contributed by atoms with van der Waals surface area (Å²) in [6.07, 6.45) is 104. The first-order chi connectivity index (χ1) is 37.7. The van der Waals surface area contributed by atoms with Crippen LogP contribution in [0.15, 0.2) is 158 Å². The average molecular weight is 1050 g/mol. The van der Waals surface area contributed by atoms with Gasteiger partial charge in [-0.1, -0.05) is 300 Å². The zero-order valence-electron chi connectivity index (χ0n) is 49.5. The number of hydrogen-bond acceptors (Lipinski definition) is 3. The van der Waals surface area contributed by atoms with Crippen molar-refractivity contribution in [2.24, 2.45) is 0 Å². The van der Waals surface area contributed by atoms with E-state index in [1.54, 1.807) is 6.08 Å². The summed E-state index contributed by atoms with van der Waals surface area (Å²) < 4.78 is 0. The molecule has 0 spiro atoms. The van der Waals surface area contributed by atoms with Gasteiger partial charge in [-0.3, -0.25) is 4.79 Å². The van der Waals surface area contributed by atoms with Crippen LogP contribution in [-0.4, -0.2) is 34.9 Å². The molecule has 0 aromatic rings. The Morgan fingerprint density at radius 3 is 0.921 bits per heavy atom. The van der Waals surface area contributed by atoms with Gasteiger partial charge in [0.15, 0.2) is 0 Å². The average Bonchev–Trinajstić information content (AvgIpc) is 3.42. The minimum atomic E-state index is -0.903. The molecule has 0 radical (unpaired) electrons. The summed E-state index contributed by atoms with van der Waals surface area (Å²) in [5.41, 5.74) is 0. The summed E-state index contributed by atoms with van der Waals surface area (Å²) in [6, 6.07) is -0.684. The van der Waals surface area contributed by atoms with E-state index >= 15 is 0 Å². The number of carbonyl (C=O) groups excluding carboxylic acids is 1. The lowest BCUT2D eigenvalue weighted by Gasteiger charge is -2.19. The second kappa shape index (κ2) is 65.3. The van der Waals surface area contributed by atoms with Gasteiger partial charge in [-0.2, -0.15) is 0 Å². The van der Waals surface area contributed by atoms with Crippen molar-refractivity contribution in [3.63, 3.8) is 0 Å². The molecule has 3 N–H and O–H groups in total. The van der Waals surface area contributed by atoms with Gasteiger partial charge in [-0.25, -0.2) is 0 Å². The molecule has 0 fully saturated rings. The number of allylic oxidation sites excluding steroid dienone is 25. The van der Waals surface area contributed by atoms with Crippen LogP contribution in [-0.2, 0) is 4.79 Å². The third-order valence-electron chi connectivity index (χ3n) is 13.5. The molecule has 4 nitrogen and oxygen atoms in total. The molecule has 4 heteroatoms. The Morgan fingerprint density at radius 1 is 0.329 bits per heavy atom. The summed E-state index contributed by atoms with van der Waals surface area (Å²) in [5, 5.41) is 23.2. The van der Waals surface area contributed by atoms with E-state index < -0.39 is 12.1 Å². The summed E-state index contributed by atoms with van der Waals surface area (Å²) in [7, 11) is 0. The van der Waals surface area contributed by atoms with Crippen LogP contribution in [0.4, 0.5) is 0 Å². The predicted molar refractivity (Wildman–Crippen MR) is 340 cm³/mol. The number of aliphatic hydroxyl groups excluding tert-OH is 2. The van der Waals surface area contributed by atoms with Crippen LogP contribution in [0.3, 0.4) is 0 Å². The SMILES string of the molecule is CC/C=C\C/C=C\C/C=C\C/C=C\C/C=C\C/C=C\C/C=C\C/C=C\C/C=C\C/C=C\CCCCC(=O)NC(CO)C(O)/C=C/CC/C=C/CC/C=C/CCCCCCCCCCCCCCCCCCCCCCC. The summed E-state index contributed by atoms with van der Waals surface area (Å²) in [5.74, 6) is -0.125. The molecule has 0 saturated carbocycles. The maximum Gasteiger partial charge on any atom is 0.220 e. The smallest absolute Gasteiger partial charge is 0.220 e. The lowest BCUT2D eigenvalue weighted by molar-refractivity contribution is -0.123. The van der Waals surface area contributed by atoms with E-state index in [9.17, 15) is 15.0 Å². The van der Waals surface area contributed by atoms with E-state index in [1.165, 1.54) is 141 Å². The van der Waals surface area contributed by atoms with Crippen molar-refractivity contribution in [3.05, 3.63) is 158 Å². The zero-order valence-corrected chi connectivity index (χ0v) is 49.5. The Kier molecular flexibility index (Phi) is 61.9. The number of amides is 1. The number of nitrogens with one attached hydrogen (secondary N) is 1. The first-order valence-electron chi connectivity index (χ1n) is 31.7. The topological polar surface area (TPSA) is 69.6 Å². The fraction of sp³-hybridized carbons (Fsp3) is 0.625. The third kappa shape index (κ3) is 60.9. The quantitative estimate of drug-likeness (QED) is 0.0420. The van der Waals surface area contributed by atoms with Crippen molar-refractivity contribution >= 4 is 5.91 Å². The number of rotatable bonds is 56. The highest BCUT2D eigenvalue weighted by Crippen LogP contribution is 2.16. The van der Waals surface area contributed by atoms with Crippen LogP contribution in [0.25, 0.3) is 0 Å². The van der Waals surface area contributed by atoms with Crippen LogP contribution in [0.5, 0.6) is 0 Å². The molecular formula is C72H119NO3. The van der Waals surface area contributed by atoms with E-state index in [0.717, 1.165) is 109 Å². The standard InChI is InChI=1S/C72H119NO3/c1-3-5-7-9-11-13-15-17-19-21-23-25-27-29-31-33-35-36-38-40-42-44-46-48-50-52-54-56-58-60-62-64-66-68-72(76)73-70(69-74)71(75)67-65-63-61-59-57-55-53-51-49-47-45-43-41-39-37-34-32-30-28-26-24-22-20-18-16-14-12-10-8-6-4-2/h5,7,11,13,17,19,23,25,29,31,35-36,40,42,46,48-49,51-52,54,57-60,65,67,70-71,74-75H,3-4,6,8-10,12,14-16,18,20-22,24,26-28,30,32-34,37-39,41,43-45,47,50,53,55-56,61-64,66,68-69H2,1-2H3,(H,73,76)/b7-5-,13-11-,19-17-,25-23-,31-29-,36-35-,42-40-,48-46-,51-49+,54-52-,59-57+,60-58-,67-65+. The molecule has 0 heterocycles. The van der Waals surface area contributed by atoms with Gasteiger partial charge >= 0.3 is 0 Å². The van der Waals surface area contributed by atoms with Gasteiger partial charge in [0.1, 0.15) is 0 Å². The third-order valence-corrected chi connectivity index (χ3v) is 13.5. The van der Waals surface area contributed by atoms with Crippen molar-refractivity contribution in [1.29, 1.82) is 0 Å². The van der Waals surface area contributed by atoms with Gasteiger partial charge < -0.3 is 15.5 Å². The van der Waals surface area contributed by atoms with E-state index in [0.29, 0.717) is 6.42 Å². The normalized spacial score (nSPS) is 13.9. The van der Waals surface area contributed by atoms with Crippen LogP contribution < -0.4 is 5.32 Å². The first kappa shape index (κ1) is 72.0. The number of aliphatic hydroxyl groups is 2. The van der Waals surface area contributed by atoms with Gasteiger partial charge in [0.05, 0.1) is 18.8 Å². The fourth-order valence-electron chi connectivity index (χ4n) is 8.71. The lowest BCUT2D eigenvalue weighted by atomic mass is 10.0. The highest BCUT2D eigenvalue weighted by molar-refractivity contribution is 5.76. The zero-order chi connectivity index (χ0) is 54.8. The Bertz CT molecular complexity index is 1610. The molecule has 0 aliphatic heterocycles. The van der Waals surface area contributed by atoms with Crippen molar-refractivity contribution < 1.29 is 15.0 Å². The highest BCUT2D eigenvalue weighted by Gasteiger charge is 2.17. The predicted octanol–water partition coefficient (Wildman–Crippen LogP) is 21.7. The molecule has 0 rings (SSSR count). The second-order valence-corrected chi connectivity index (χ2v) is 20.7. The Hall–Kier alpha value is -3.99. The largest absolute Gasteiger partial charge is 0.394 e. The van der Waals surface area contributed by atoms with E-state index in [1.807, 2.05) is 6.08 Å². The summed E-state index contributed by atoms with van der Waals surface area (Å²) in [6.45, 7) is 4.17. The molecule has 2 unspecified atom stereocenters. The lowest BCUT2D eigenvalue weighted by Crippen LogP contribution is -2.45. The fourth-order valence-corrected chi connectivity index (χ4v) is 8.71. The molecule has 0 saturated heterocycles. The Labute approximate surface area is 471 Å². The van der Waals surface area contributed by atoms with Gasteiger partial charge in [-0.05, 0) is 122 Å². The van der Waals surface area contributed by atoms with Crippen molar-refractivity contribution in [3.8, 4) is 0 Å². The first-order valence-corrected chi connectivity index (χ1v) is 31.7. The highest BCUT2D eigenvalue weighted by atomic mass is 16.3. The minimum absolute atomic E-state index is 0.125. The van der Waals surface area contributed by atoms with Crippen LogP contribution in [0.1, 0.15) is 271 Å². The molecule has 0 aliphatic rings. The molecule has 0 aliphatic carbocycles. The Morgan fingerprint density at radius 2 is 0.592 bits per heavy atom. The van der Waals surface area contributed by atoms with Gasteiger partial charge in [-0.15, -0.1) is 0 Å². The molecule has 0 aromatic heterocycles. The maximum atomic E-state index is 12.5.